The predicted molar refractivity (Wildman–Crippen MR) is 88.8 cm³/mol. The Morgan fingerprint density at radius 3 is 2.71 bits per heavy atom. The Balaban J connectivity index is 1.95. The molecular weight excluding hydrogens is 334 g/mol. The molecule has 0 saturated carbocycles. The maximum atomic E-state index is 11.8. The van der Waals surface area contributed by atoms with Crippen LogP contribution in [-0.4, -0.2) is 28.4 Å². The van der Waals surface area contributed by atoms with E-state index in [4.69, 9.17) is 4.74 Å². The van der Waals surface area contributed by atoms with Crippen molar-refractivity contribution < 1.29 is 19.2 Å². The van der Waals surface area contributed by atoms with Crippen molar-refractivity contribution in [2.45, 2.75) is 6.92 Å². The van der Waals surface area contributed by atoms with Crippen molar-refractivity contribution in [1.82, 2.24) is 4.98 Å². The molecule has 0 spiro atoms. The summed E-state index contributed by atoms with van der Waals surface area (Å²) in [6.07, 6.45) is 2.78. The number of nitro groups is 1. The van der Waals surface area contributed by atoms with E-state index in [-0.39, 0.29) is 23.1 Å². The van der Waals surface area contributed by atoms with Crippen molar-refractivity contribution in [2.24, 2.45) is 0 Å². The number of carbonyl (C=O) groups excluding carboxylic acids is 2. The third-order valence-electron chi connectivity index (χ3n) is 2.75. The number of thiazole rings is 1. The zero-order chi connectivity index (χ0) is 17.5. The van der Waals surface area contributed by atoms with Crippen molar-refractivity contribution in [1.29, 1.82) is 0 Å². The van der Waals surface area contributed by atoms with Crippen LogP contribution in [0, 0.1) is 10.1 Å². The van der Waals surface area contributed by atoms with Crippen molar-refractivity contribution >= 4 is 40.1 Å². The molecule has 2 rings (SSSR count). The lowest BCUT2D eigenvalue weighted by Gasteiger charge is -1.97. The molecule has 1 heterocycles. The fourth-order valence-corrected chi connectivity index (χ4v) is 2.34. The van der Waals surface area contributed by atoms with Gasteiger partial charge in [-0.3, -0.25) is 20.2 Å². The molecule has 1 aromatic heterocycles. The molecular formula is C15H13N3O5S. The van der Waals surface area contributed by atoms with Gasteiger partial charge < -0.3 is 4.74 Å². The van der Waals surface area contributed by atoms with Crippen LogP contribution in [0.2, 0.25) is 0 Å². The number of aromatic nitrogens is 1. The van der Waals surface area contributed by atoms with Crippen molar-refractivity contribution in [2.75, 3.05) is 11.9 Å². The average molecular weight is 347 g/mol. The summed E-state index contributed by atoms with van der Waals surface area (Å²) in [5, 5.41) is 14.9. The first kappa shape index (κ1) is 17.3. The molecule has 0 aliphatic heterocycles. The van der Waals surface area contributed by atoms with E-state index in [1.807, 2.05) is 0 Å². The van der Waals surface area contributed by atoms with E-state index in [0.717, 1.165) is 11.3 Å². The van der Waals surface area contributed by atoms with Crippen molar-refractivity contribution in [3.8, 4) is 0 Å². The van der Waals surface area contributed by atoms with Crippen LogP contribution in [0.25, 0.3) is 6.08 Å². The molecule has 24 heavy (non-hydrogen) atoms. The fourth-order valence-electron chi connectivity index (χ4n) is 1.66. The van der Waals surface area contributed by atoms with Crippen LogP contribution in [0.1, 0.15) is 23.0 Å². The molecule has 0 fully saturated rings. The number of anilines is 1. The minimum absolute atomic E-state index is 0.0223. The number of amides is 1. The summed E-state index contributed by atoms with van der Waals surface area (Å²) in [7, 11) is 0. The van der Waals surface area contributed by atoms with Crippen LogP contribution in [0.4, 0.5) is 10.8 Å². The van der Waals surface area contributed by atoms with Crippen LogP contribution >= 0.6 is 11.3 Å². The van der Waals surface area contributed by atoms with Gasteiger partial charge in [0.05, 0.1) is 11.5 Å². The monoisotopic (exact) mass is 347 g/mol. The van der Waals surface area contributed by atoms with E-state index in [1.54, 1.807) is 6.92 Å². The van der Waals surface area contributed by atoms with Gasteiger partial charge in [0.15, 0.2) is 10.8 Å². The Kier molecular flexibility index (Phi) is 5.74. The molecule has 0 bridgehead atoms. The van der Waals surface area contributed by atoms with Crippen LogP contribution in [0.15, 0.2) is 35.7 Å². The molecule has 2 aromatic rings. The minimum atomic E-state index is -0.546. The summed E-state index contributed by atoms with van der Waals surface area (Å²) >= 11 is 1.11. The van der Waals surface area contributed by atoms with Gasteiger partial charge in [-0.25, -0.2) is 9.78 Å². The van der Waals surface area contributed by atoms with E-state index >= 15 is 0 Å². The zero-order valence-corrected chi connectivity index (χ0v) is 13.4. The van der Waals surface area contributed by atoms with Crippen LogP contribution in [0.5, 0.6) is 0 Å². The molecule has 0 atom stereocenters. The normalized spacial score (nSPS) is 10.5. The topological polar surface area (TPSA) is 111 Å². The fraction of sp³-hybridized carbons (Fsp3) is 0.133. The first-order valence-electron chi connectivity index (χ1n) is 6.85. The number of esters is 1. The zero-order valence-electron chi connectivity index (χ0n) is 12.6. The number of nitrogens with one attached hydrogen (secondary N) is 1. The largest absolute Gasteiger partial charge is 0.461 e. The van der Waals surface area contributed by atoms with Gasteiger partial charge in [0.1, 0.15) is 0 Å². The van der Waals surface area contributed by atoms with Gasteiger partial charge in [-0.1, -0.05) is 0 Å². The Labute approximate surface area is 140 Å². The Morgan fingerprint density at radius 2 is 2.08 bits per heavy atom. The van der Waals surface area contributed by atoms with E-state index in [9.17, 15) is 19.7 Å². The molecule has 0 aliphatic carbocycles. The molecule has 124 valence electrons. The minimum Gasteiger partial charge on any atom is -0.461 e. The highest BCUT2D eigenvalue weighted by molar-refractivity contribution is 7.14. The summed E-state index contributed by atoms with van der Waals surface area (Å²) in [6.45, 7) is 1.94. The second-order valence-electron chi connectivity index (χ2n) is 4.43. The number of carbonyl (C=O) groups is 2. The summed E-state index contributed by atoms with van der Waals surface area (Å²) in [4.78, 5) is 37.3. The first-order chi connectivity index (χ1) is 11.5. The molecule has 1 aromatic carbocycles. The lowest BCUT2D eigenvalue weighted by molar-refractivity contribution is -0.384. The van der Waals surface area contributed by atoms with E-state index in [0.29, 0.717) is 5.56 Å². The molecule has 0 unspecified atom stereocenters. The third-order valence-corrected chi connectivity index (χ3v) is 3.51. The lowest BCUT2D eigenvalue weighted by atomic mass is 10.2. The summed E-state index contributed by atoms with van der Waals surface area (Å²) in [6, 6.07) is 5.77. The van der Waals surface area contributed by atoms with Crippen LogP contribution in [-0.2, 0) is 9.53 Å². The van der Waals surface area contributed by atoms with Gasteiger partial charge in [0.25, 0.3) is 5.69 Å². The predicted octanol–water partition coefficient (Wildman–Crippen LogP) is 2.88. The quantitative estimate of drug-likeness (QED) is 0.372. The van der Waals surface area contributed by atoms with E-state index in [2.05, 4.69) is 10.3 Å². The van der Waals surface area contributed by atoms with Crippen molar-refractivity contribution in [3.05, 3.63) is 57.1 Å². The highest BCUT2D eigenvalue weighted by atomic mass is 32.1. The summed E-state index contributed by atoms with van der Waals surface area (Å²) < 4.78 is 4.81. The SMILES string of the molecule is CCOC(=O)c1csc(NC(=O)C=Cc2ccc([N+](=O)[O-])cc2)n1. The molecule has 0 radical (unpaired) electrons. The molecule has 0 aliphatic rings. The smallest absolute Gasteiger partial charge is 0.357 e. The number of ether oxygens (including phenoxy) is 1. The average Bonchev–Trinajstić information content (AvgIpc) is 3.02. The maximum absolute atomic E-state index is 11.8. The summed E-state index contributed by atoms with van der Waals surface area (Å²) in [5.74, 6) is -0.978. The second kappa shape index (κ2) is 7.97. The molecule has 8 nitrogen and oxygen atoms in total. The highest BCUT2D eigenvalue weighted by Crippen LogP contribution is 2.16. The highest BCUT2D eigenvalue weighted by Gasteiger charge is 2.12. The standard InChI is InChI=1S/C15H13N3O5S/c1-2-23-14(20)12-9-24-15(16-12)17-13(19)8-5-10-3-6-11(7-4-10)18(21)22/h3-9H,2H2,1H3,(H,16,17,19). The van der Waals surface area contributed by atoms with Crippen LogP contribution < -0.4 is 5.32 Å². The van der Waals surface area contributed by atoms with E-state index in [1.165, 1.54) is 41.8 Å². The van der Waals surface area contributed by atoms with Gasteiger partial charge in [-0.15, -0.1) is 11.3 Å². The first-order valence-corrected chi connectivity index (χ1v) is 7.73. The number of non-ortho nitro benzene ring substituents is 1. The van der Waals surface area contributed by atoms with Gasteiger partial charge >= 0.3 is 5.97 Å². The van der Waals surface area contributed by atoms with Gasteiger partial charge in [0.2, 0.25) is 5.91 Å². The Morgan fingerprint density at radius 1 is 1.38 bits per heavy atom. The third kappa shape index (κ3) is 4.71. The second-order valence-corrected chi connectivity index (χ2v) is 5.29. The number of nitrogens with zero attached hydrogens (tertiary/aromatic N) is 2. The molecule has 1 amide bonds. The lowest BCUT2D eigenvalue weighted by Crippen LogP contribution is -2.09. The summed E-state index contributed by atoms with van der Waals surface area (Å²) in [5.41, 5.74) is 0.754. The van der Waals surface area contributed by atoms with Crippen molar-refractivity contribution in [3.63, 3.8) is 0 Å². The number of nitro benzene ring substituents is 1. The molecule has 9 heteroatoms. The van der Waals surface area contributed by atoms with Gasteiger partial charge in [-0.2, -0.15) is 0 Å². The maximum Gasteiger partial charge on any atom is 0.357 e. The number of hydrogen-bond acceptors (Lipinski definition) is 7. The molecule has 0 saturated heterocycles. The number of hydrogen-bond donors (Lipinski definition) is 1. The van der Waals surface area contributed by atoms with Gasteiger partial charge in [0, 0.05) is 23.6 Å². The molecule has 1 N–H and O–H groups in total. The number of benzene rings is 1. The van der Waals surface area contributed by atoms with Crippen LogP contribution in [0.3, 0.4) is 0 Å². The number of rotatable bonds is 6. The Bertz CT molecular complexity index is 783. The Hall–Kier alpha value is -3.07. The van der Waals surface area contributed by atoms with Gasteiger partial charge in [-0.05, 0) is 30.7 Å². The van der Waals surface area contributed by atoms with E-state index < -0.39 is 16.8 Å².